The number of nitrogens with zero attached hydrogens (tertiary/aromatic N) is 6. The fraction of sp³-hybridized carbons (Fsp3) is 0.375. The van der Waals surface area contributed by atoms with Gasteiger partial charge in [0.1, 0.15) is 12.1 Å². The number of hydrogen-bond donors (Lipinski definition) is 0. The Balaban J connectivity index is 1.63. The van der Waals surface area contributed by atoms with Crippen LogP contribution in [0.2, 0.25) is 0 Å². The fourth-order valence-electron chi connectivity index (χ4n) is 4.14. The van der Waals surface area contributed by atoms with Crippen LogP contribution in [0.15, 0.2) is 49.2 Å². The van der Waals surface area contributed by atoms with Crippen LogP contribution in [0, 0.1) is 5.82 Å². The van der Waals surface area contributed by atoms with Gasteiger partial charge in [-0.3, -0.25) is 4.79 Å². The summed E-state index contributed by atoms with van der Waals surface area (Å²) in [6, 6.07) is 6.27. The van der Waals surface area contributed by atoms with E-state index in [9.17, 15) is 9.18 Å². The molecular formula is C24H27FN6O. The molecule has 0 aliphatic carbocycles. The summed E-state index contributed by atoms with van der Waals surface area (Å²) in [6.45, 7) is 4.86. The molecular weight excluding hydrogens is 407 g/mol. The Morgan fingerprint density at radius 2 is 1.94 bits per heavy atom. The highest BCUT2D eigenvalue weighted by molar-refractivity contribution is 5.87. The molecule has 0 saturated carbocycles. The highest BCUT2D eigenvalue weighted by Crippen LogP contribution is 2.36. The SMILES string of the molecule is CN(C)c1ncc(-c2cncnc2)c([C@H]2CCN(C(=O)C(C)(C)c3cccc(F)c3)C2)n1. The van der Waals surface area contributed by atoms with Crippen molar-refractivity contribution in [3.05, 3.63) is 66.3 Å². The molecule has 3 heterocycles. The van der Waals surface area contributed by atoms with E-state index in [2.05, 4.69) is 15.0 Å². The zero-order chi connectivity index (χ0) is 22.9. The number of anilines is 1. The van der Waals surface area contributed by atoms with Gasteiger partial charge in [0.2, 0.25) is 11.9 Å². The third-order valence-electron chi connectivity index (χ3n) is 6.02. The molecule has 1 atom stereocenters. The Labute approximate surface area is 187 Å². The number of carbonyl (C=O) groups excluding carboxylic acids is 1. The Kier molecular flexibility index (Phi) is 5.86. The normalized spacial score (nSPS) is 16.3. The molecule has 1 aliphatic heterocycles. The number of benzene rings is 1. The van der Waals surface area contributed by atoms with E-state index in [0.717, 1.165) is 23.2 Å². The largest absolute Gasteiger partial charge is 0.347 e. The molecule has 1 amide bonds. The maximum absolute atomic E-state index is 13.8. The van der Waals surface area contributed by atoms with E-state index in [1.807, 2.05) is 37.7 Å². The van der Waals surface area contributed by atoms with Crippen LogP contribution >= 0.6 is 0 Å². The van der Waals surface area contributed by atoms with Crippen molar-refractivity contribution in [2.24, 2.45) is 0 Å². The van der Waals surface area contributed by atoms with Crippen molar-refractivity contribution in [3.8, 4) is 11.1 Å². The molecule has 0 N–H and O–H groups in total. The molecule has 0 bridgehead atoms. The van der Waals surface area contributed by atoms with Crippen LogP contribution in [0.3, 0.4) is 0 Å². The van der Waals surface area contributed by atoms with Crippen LogP contribution in [0.4, 0.5) is 10.3 Å². The molecule has 0 spiro atoms. The lowest BCUT2D eigenvalue weighted by atomic mass is 9.83. The van der Waals surface area contributed by atoms with Gasteiger partial charge < -0.3 is 9.80 Å². The molecule has 4 rings (SSSR count). The maximum atomic E-state index is 13.8. The van der Waals surface area contributed by atoms with E-state index in [-0.39, 0.29) is 17.6 Å². The third kappa shape index (κ3) is 4.17. The Morgan fingerprint density at radius 3 is 2.62 bits per heavy atom. The first-order valence-electron chi connectivity index (χ1n) is 10.6. The molecule has 0 radical (unpaired) electrons. The van der Waals surface area contributed by atoms with Crippen LogP contribution in [0.5, 0.6) is 0 Å². The number of likely N-dealkylation sites (tertiary alicyclic amines) is 1. The summed E-state index contributed by atoms with van der Waals surface area (Å²) in [5.74, 6) is 0.316. The molecule has 8 heteroatoms. The third-order valence-corrected chi connectivity index (χ3v) is 6.02. The smallest absolute Gasteiger partial charge is 0.232 e. The molecule has 166 valence electrons. The second kappa shape index (κ2) is 8.61. The number of carbonyl (C=O) groups is 1. The minimum Gasteiger partial charge on any atom is -0.347 e. The van der Waals surface area contributed by atoms with E-state index in [0.29, 0.717) is 24.6 Å². The lowest BCUT2D eigenvalue weighted by Crippen LogP contribution is -2.42. The fourth-order valence-corrected chi connectivity index (χ4v) is 4.14. The van der Waals surface area contributed by atoms with E-state index >= 15 is 0 Å². The van der Waals surface area contributed by atoms with Crippen molar-refractivity contribution in [1.29, 1.82) is 0 Å². The predicted molar refractivity (Wildman–Crippen MR) is 121 cm³/mol. The zero-order valence-corrected chi connectivity index (χ0v) is 18.8. The van der Waals surface area contributed by atoms with E-state index in [1.54, 1.807) is 30.7 Å². The molecule has 32 heavy (non-hydrogen) atoms. The molecule has 0 unspecified atom stereocenters. The summed E-state index contributed by atoms with van der Waals surface area (Å²) in [5, 5.41) is 0. The highest BCUT2D eigenvalue weighted by atomic mass is 19.1. The van der Waals surface area contributed by atoms with Crippen molar-refractivity contribution < 1.29 is 9.18 Å². The van der Waals surface area contributed by atoms with E-state index in [4.69, 9.17) is 4.98 Å². The van der Waals surface area contributed by atoms with Crippen LogP contribution in [-0.2, 0) is 10.2 Å². The monoisotopic (exact) mass is 434 g/mol. The van der Waals surface area contributed by atoms with Crippen LogP contribution in [0.25, 0.3) is 11.1 Å². The topological polar surface area (TPSA) is 75.1 Å². The summed E-state index contributed by atoms with van der Waals surface area (Å²) in [4.78, 5) is 34.7. The van der Waals surface area contributed by atoms with Gasteiger partial charge in [0.25, 0.3) is 0 Å². The van der Waals surface area contributed by atoms with Gasteiger partial charge in [0, 0.05) is 62.8 Å². The first-order valence-corrected chi connectivity index (χ1v) is 10.6. The van der Waals surface area contributed by atoms with Crippen molar-refractivity contribution in [2.75, 3.05) is 32.1 Å². The number of halogens is 1. The quantitative estimate of drug-likeness (QED) is 0.613. The number of hydrogen-bond acceptors (Lipinski definition) is 6. The summed E-state index contributed by atoms with van der Waals surface area (Å²) >= 11 is 0. The van der Waals surface area contributed by atoms with Gasteiger partial charge in [-0.2, -0.15) is 0 Å². The van der Waals surface area contributed by atoms with Gasteiger partial charge in [-0.05, 0) is 38.0 Å². The molecule has 1 aromatic carbocycles. The van der Waals surface area contributed by atoms with Gasteiger partial charge in [-0.15, -0.1) is 0 Å². The van der Waals surface area contributed by atoms with E-state index in [1.165, 1.54) is 18.5 Å². The van der Waals surface area contributed by atoms with Gasteiger partial charge >= 0.3 is 0 Å². The minimum atomic E-state index is -0.826. The number of aromatic nitrogens is 4. The molecule has 2 aromatic heterocycles. The Morgan fingerprint density at radius 1 is 1.19 bits per heavy atom. The Hall–Kier alpha value is -3.42. The molecule has 3 aromatic rings. The summed E-state index contributed by atoms with van der Waals surface area (Å²) < 4.78 is 13.8. The first kappa shape index (κ1) is 21.8. The Bertz CT molecular complexity index is 1120. The lowest BCUT2D eigenvalue weighted by molar-refractivity contribution is -0.135. The predicted octanol–water partition coefficient (Wildman–Crippen LogP) is 3.43. The summed E-state index contributed by atoms with van der Waals surface area (Å²) in [6.07, 6.45) is 7.57. The first-order chi connectivity index (χ1) is 15.3. The molecule has 7 nitrogen and oxygen atoms in total. The van der Waals surface area contributed by atoms with Gasteiger partial charge in [0.15, 0.2) is 0 Å². The summed E-state index contributed by atoms with van der Waals surface area (Å²) in [7, 11) is 3.80. The highest BCUT2D eigenvalue weighted by Gasteiger charge is 2.38. The van der Waals surface area contributed by atoms with Crippen molar-refractivity contribution in [1.82, 2.24) is 24.8 Å². The average Bonchev–Trinajstić information content (AvgIpc) is 3.28. The van der Waals surface area contributed by atoms with Crippen molar-refractivity contribution in [2.45, 2.75) is 31.6 Å². The van der Waals surface area contributed by atoms with Crippen molar-refractivity contribution in [3.63, 3.8) is 0 Å². The van der Waals surface area contributed by atoms with Crippen molar-refractivity contribution >= 4 is 11.9 Å². The standard InChI is InChI=1S/C24H27FN6O/c1-24(2,18-6-5-7-19(25)10-18)22(32)31-9-8-16(14-31)21-20(17-11-26-15-27-12-17)13-28-23(29-21)30(3)4/h5-7,10-13,15-16H,8-9,14H2,1-4H3/t16-/m0/s1. The van der Waals surface area contributed by atoms with Crippen LogP contribution in [-0.4, -0.2) is 57.9 Å². The van der Waals surface area contributed by atoms with E-state index < -0.39 is 5.41 Å². The summed E-state index contributed by atoms with van der Waals surface area (Å²) in [5.41, 5.74) is 2.45. The van der Waals surface area contributed by atoms with Gasteiger partial charge in [0.05, 0.1) is 11.1 Å². The van der Waals surface area contributed by atoms with Gasteiger partial charge in [-0.25, -0.2) is 24.3 Å². The lowest BCUT2D eigenvalue weighted by Gasteiger charge is -2.30. The second-order valence-electron chi connectivity index (χ2n) is 8.86. The minimum absolute atomic E-state index is 0.0166. The molecule has 1 fully saturated rings. The zero-order valence-electron chi connectivity index (χ0n) is 18.8. The number of rotatable bonds is 5. The van der Waals surface area contributed by atoms with Gasteiger partial charge in [-0.1, -0.05) is 12.1 Å². The maximum Gasteiger partial charge on any atom is 0.232 e. The number of amides is 1. The van der Waals surface area contributed by atoms with Crippen LogP contribution in [0.1, 0.15) is 37.4 Å². The molecule has 1 saturated heterocycles. The molecule has 1 aliphatic rings. The second-order valence-corrected chi connectivity index (χ2v) is 8.86. The van der Waals surface area contributed by atoms with Crippen LogP contribution < -0.4 is 4.90 Å². The average molecular weight is 435 g/mol.